The Labute approximate surface area is 194 Å². The van der Waals surface area contributed by atoms with E-state index in [1.807, 2.05) is 42.5 Å². The summed E-state index contributed by atoms with van der Waals surface area (Å²) in [5.41, 5.74) is 4.76. The highest BCUT2D eigenvalue weighted by molar-refractivity contribution is 6.30. The Morgan fingerprint density at radius 2 is 1.79 bits per heavy atom. The van der Waals surface area contributed by atoms with Crippen LogP contribution in [0.3, 0.4) is 0 Å². The number of carbonyl (C=O) groups is 1. The summed E-state index contributed by atoms with van der Waals surface area (Å²) in [6.07, 6.45) is 5.27. The maximum absolute atomic E-state index is 12.5. The van der Waals surface area contributed by atoms with E-state index in [0.717, 1.165) is 28.0 Å². The van der Waals surface area contributed by atoms with Crippen molar-refractivity contribution >= 4 is 40.0 Å². The third-order valence-electron chi connectivity index (χ3n) is 5.12. The number of nitrogens with one attached hydrogen (secondary N) is 3. The quantitative estimate of drug-likeness (QED) is 0.313. The summed E-state index contributed by atoms with van der Waals surface area (Å²) in [6, 6.07) is 20.1. The normalized spacial score (nSPS) is 10.8. The van der Waals surface area contributed by atoms with Crippen molar-refractivity contribution in [2.24, 2.45) is 0 Å². The maximum Gasteiger partial charge on any atom is 0.255 e. The molecule has 0 aliphatic rings. The Balaban J connectivity index is 1.38. The molecule has 3 aromatic heterocycles. The van der Waals surface area contributed by atoms with E-state index in [1.165, 1.54) is 0 Å². The Morgan fingerprint density at radius 1 is 0.970 bits per heavy atom. The predicted molar refractivity (Wildman–Crippen MR) is 130 cm³/mol. The largest absolute Gasteiger partial charge is 0.365 e. The van der Waals surface area contributed by atoms with Crippen LogP contribution in [0.2, 0.25) is 5.02 Å². The Kier molecular flexibility index (Phi) is 5.70. The van der Waals surface area contributed by atoms with Crippen molar-refractivity contribution in [3.05, 3.63) is 101 Å². The number of hydrogen-bond acceptors (Lipinski definition) is 5. The van der Waals surface area contributed by atoms with E-state index >= 15 is 0 Å². The predicted octanol–water partition coefficient (Wildman–Crippen LogP) is 5.54. The van der Waals surface area contributed by atoms with Crippen molar-refractivity contribution in [1.82, 2.24) is 19.9 Å². The van der Waals surface area contributed by atoms with Gasteiger partial charge in [-0.15, -0.1) is 0 Å². The third kappa shape index (κ3) is 4.68. The van der Waals surface area contributed by atoms with E-state index < -0.39 is 0 Å². The lowest BCUT2D eigenvalue weighted by Crippen LogP contribution is -2.11. The molecule has 0 aliphatic carbocycles. The Morgan fingerprint density at radius 3 is 2.61 bits per heavy atom. The molecule has 5 aromatic rings. The van der Waals surface area contributed by atoms with Crippen LogP contribution in [0.25, 0.3) is 22.4 Å². The minimum atomic E-state index is -0.208. The Hall–Kier alpha value is -4.23. The van der Waals surface area contributed by atoms with Crippen molar-refractivity contribution < 1.29 is 4.79 Å². The molecule has 3 heterocycles. The van der Waals surface area contributed by atoms with Gasteiger partial charge >= 0.3 is 0 Å². The zero-order chi connectivity index (χ0) is 22.6. The third-order valence-corrected chi connectivity index (χ3v) is 5.37. The summed E-state index contributed by atoms with van der Waals surface area (Å²) in [6.45, 7) is 0.619. The van der Waals surface area contributed by atoms with Crippen molar-refractivity contribution in [3.63, 3.8) is 0 Å². The van der Waals surface area contributed by atoms with Crippen molar-refractivity contribution in [1.29, 1.82) is 0 Å². The number of aromatic amines is 1. The highest BCUT2D eigenvalue weighted by atomic mass is 35.5. The van der Waals surface area contributed by atoms with Gasteiger partial charge in [0.25, 0.3) is 5.91 Å². The molecule has 0 fully saturated rings. The maximum atomic E-state index is 12.5. The number of amides is 1. The number of anilines is 2. The second kappa shape index (κ2) is 9.10. The number of hydrogen-bond donors (Lipinski definition) is 3. The van der Waals surface area contributed by atoms with Crippen molar-refractivity contribution in [2.45, 2.75) is 6.54 Å². The lowest BCUT2D eigenvalue weighted by atomic mass is 10.2. The van der Waals surface area contributed by atoms with Crippen molar-refractivity contribution in [2.75, 3.05) is 10.6 Å². The second-order valence-electron chi connectivity index (χ2n) is 7.39. The molecule has 33 heavy (non-hydrogen) atoms. The van der Waals surface area contributed by atoms with Gasteiger partial charge in [0.1, 0.15) is 11.6 Å². The van der Waals surface area contributed by atoms with Crippen LogP contribution >= 0.6 is 11.6 Å². The van der Waals surface area contributed by atoms with Gasteiger partial charge in [-0.25, -0.2) is 9.97 Å². The number of benzene rings is 2. The fraction of sp³-hybridized carbons (Fsp3) is 0.0400. The molecule has 0 atom stereocenters. The molecule has 0 unspecified atom stereocenters. The van der Waals surface area contributed by atoms with Gasteiger partial charge in [0.05, 0.1) is 16.6 Å². The number of fused-ring (bicyclic) bond motifs is 1. The first-order chi connectivity index (χ1) is 16.2. The average molecular weight is 455 g/mol. The first-order valence-electron chi connectivity index (χ1n) is 10.3. The molecule has 3 N–H and O–H groups in total. The molecule has 1 amide bonds. The van der Waals surface area contributed by atoms with Crippen LogP contribution in [0.1, 0.15) is 15.9 Å². The van der Waals surface area contributed by atoms with Gasteiger partial charge in [0.2, 0.25) is 0 Å². The molecule has 8 heteroatoms. The monoisotopic (exact) mass is 454 g/mol. The summed E-state index contributed by atoms with van der Waals surface area (Å²) in [5, 5.41) is 6.86. The first kappa shape index (κ1) is 20.7. The van der Waals surface area contributed by atoms with E-state index in [4.69, 9.17) is 16.6 Å². The van der Waals surface area contributed by atoms with E-state index in [1.54, 1.807) is 42.9 Å². The SMILES string of the molecule is O=C(Nc1ccc2nc(-c3cccnc3NCc3ccncc3)[nH]c2c1)c1ccc(Cl)cc1. The smallest absolute Gasteiger partial charge is 0.255 e. The fourth-order valence-electron chi connectivity index (χ4n) is 3.44. The number of carbonyl (C=O) groups excluding carboxylic acids is 1. The lowest BCUT2D eigenvalue weighted by molar-refractivity contribution is 0.102. The zero-order valence-corrected chi connectivity index (χ0v) is 18.2. The number of imidazole rings is 1. The minimum absolute atomic E-state index is 0.208. The molecule has 0 radical (unpaired) electrons. The highest BCUT2D eigenvalue weighted by Gasteiger charge is 2.12. The van der Waals surface area contributed by atoms with Gasteiger partial charge in [-0.05, 0) is 72.3 Å². The van der Waals surface area contributed by atoms with Crippen LogP contribution in [0.4, 0.5) is 11.5 Å². The van der Waals surface area contributed by atoms with Crippen LogP contribution < -0.4 is 10.6 Å². The standard InChI is InChI=1S/C25H19ClN6O/c26-18-5-3-17(4-6-18)25(33)30-19-7-8-21-22(14-19)32-24(31-21)20-2-1-11-28-23(20)29-15-16-9-12-27-13-10-16/h1-14H,15H2,(H,28,29)(H,30,33)(H,31,32). The summed E-state index contributed by atoms with van der Waals surface area (Å²) >= 11 is 5.90. The van der Waals surface area contributed by atoms with Gasteiger partial charge in [-0.2, -0.15) is 0 Å². The first-order valence-corrected chi connectivity index (χ1v) is 10.7. The molecule has 0 saturated heterocycles. The Bertz CT molecular complexity index is 1420. The van der Waals surface area contributed by atoms with E-state index in [9.17, 15) is 4.79 Å². The lowest BCUT2D eigenvalue weighted by Gasteiger charge is -2.09. The van der Waals surface area contributed by atoms with Crippen LogP contribution in [-0.4, -0.2) is 25.8 Å². The molecular formula is C25H19ClN6O. The molecule has 0 saturated carbocycles. The van der Waals surface area contributed by atoms with Crippen LogP contribution in [0, 0.1) is 0 Å². The fourth-order valence-corrected chi connectivity index (χ4v) is 3.57. The molecule has 0 bridgehead atoms. The number of nitrogens with zero attached hydrogens (tertiary/aromatic N) is 3. The van der Waals surface area contributed by atoms with Gasteiger partial charge in [-0.3, -0.25) is 9.78 Å². The summed E-state index contributed by atoms with van der Waals surface area (Å²) < 4.78 is 0. The second-order valence-corrected chi connectivity index (χ2v) is 7.82. The van der Waals surface area contributed by atoms with E-state index in [-0.39, 0.29) is 5.91 Å². The molecule has 5 rings (SSSR count). The molecular weight excluding hydrogens is 436 g/mol. The number of H-pyrrole nitrogens is 1. The molecule has 0 spiro atoms. The van der Waals surface area contributed by atoms with Crippen LogP contribution in [0.15, 0.2) is 85.3 Å². The number of aromatic nitrogens is 4. The van der Waals surface area contributed by atoms with E-state index in [2.05, 4.69) is 25.6 Å². The summed E-state index contributed by atoms with van der Waals surface area (Å²) in [5.74, 6) is 1.21. The molecule has 2 aromatic carbocycles. The summed E-state index contributed by atoms with van der Waals surface area (Å²) in [7, 11) is 0. The minimum Gasteiger partial charge on any atom is -0.365 e. The number of halogens is 1. The van der Waals surface area contributed by atoms with Crippen molar-refractivity contribution in [3.8, 4) is 11.4 Å². The summed E-state index contributed by atoms with van der Waals surface area (Å²) in [4.78, 5) is 29.1. The van der Waals surface area contributed by atoms with Crippen LogP contribution in [-0.2, 0) is 6.54 Å². The van der Waals surface area contributed by atoms with Crippen LogP contribution in [0.5, 0.6) is 0 Å². The highest BCUT2D eigenvalue weighted by Crippen LogP contribution is 2.27. The van der Waals surface area contributed by atoms with Gasteiger partial charge in [-0.1, -0.05) is 11.6 Å². The molecule has 7 nitrogen and oxygen atoms in total. The van der Waals surface area contributed by atoms with Gasteiger partial charge < -0.3 is 15.6 Å². The van der Waals surface area contributed by atoms with E-state index in [0.29, 0.717) is 28.6 Å². The zero-order valence-electron chi connectivity index (χ0n) is 17.4. The molecule has 162 valence electrons. The van der Waals surface area contributed by atoms with Gasteiger partial charge in [0.15, 0.2) is 0 Å². The number of pyridine rings is 2. The number of rotatable bonds is 6. The topological polar surface area (TPSA) is 95.6 Å². The van der Waals surface area contributed by atoms with Gasteiger partial charge in [0, 0.05) is 41.4 Å². The molecule has 0 aliphatic heterocycles. The average Bonchev–Trinajstić information content (AvgIpc) is 3.27.